The molecule has 5 nitrogen and oxygen atoms in total. The molecule has 2 aliphatic rings. The highest BCUT2D eigenvalue weighted by Crippen LogP contribution is 2.29. The van der Waals surface area contributed by atoms with Gasteiger partial charge >= 0.3 is 0 Å². The maximum Gasteiger partial charge on any atom is 0.223 e. The maximum atomic E-state index is 12.6. The number of aryl methyl sites for hydroxylation is 2. The van der Waals surface area contributed by atoms with Crippen LogP contribution in [-0.4, -0.2) is 60.8 Å². The topological polar surface area (TPSA) is 57.7 Å². The van der Waals surface area contributed by atoms with Gasteiger partial charge in [-0.1, -0.05) is 32.0 Å². The number of hydrogen-bond donors (Lipinski definition) is 0. The third kappa shape index (κ3) is 4.12. The van der Waals surface area contributed by atoms with Crippen LogP contribution in [-0.2, 0) is 21.2 Å². The summed E-state index contributed by atoms with van der Waals surface area (Å²) < 4.78 is 24.6. The van der Waals surface area contributed by atoms with Crippen molar-refractivity contribution in [1.29, 1.82) is 0 Å². The molecule has 6 heteroatoms. The number of hydrogen-bond acceptors (Lipinski definition) is 4. The summed E-state index contributed by atoms with van der Waals surface area (Å²) in [5.41, 5.74) is 3.72. The van der Waals surface area contributed by atoms with E-state index in [1.54, 1.807) is 0 Å². The van der Waals surface area contributed by atoms with E-state index in [2.05, 4.69) is 36.9 Å². The first-order chi connectivity index (χ1) is 12.2. The van der Waals surface area contributed by atoms with Crippen LogP contribution < -0.4 is 0 Å². The number of carbonyl (C=O) groups is 1. The average molecular weight is 379 g/mol. The van der Waals surface area contributed by atoms with Crippen molar-refractivity contribution < 1.29 is 13.2 Å². The number of sulfone groups is 1. The number of benzene rings is 1. The van der Waals surface area contributed by atoms with Crippen molar-refractivity contribution in [2.45, 2.75) is 52.7 Å². The number of fused-ring (bicyclic) bond motifs is 1. The van der Waals surface area contributed by atoms with Crippen molar-refractivity contribution in [1.82, 2.24) is 9.80 Å². The average Bonchev–Trinajstić information content (AvgIpc) is 2.85. The lowest BCUT2D eigenvalue weighted by molar-refractivity contribution is -0.137. The van der Waals surface area contributed by atoms with Gasteiger partial charge in [-0.15, -0.1) is 0 Å². The summed E-state index contributed by atoms with van der Waals surface area (Å²) in [6.45, 7) is 10.3. The Bertz CT molecular complexity index is 788. The van der Waals surface area contributed by atoms with Crippen molar-refractivity contribution in [3.8, 4) is 0 Å². The molecule has 0 aliphatic carbocycles. The number of rotatable bonds is 4. The van der Waals surface area contributed by atoms with Crippen LogP contribution in [0.2, 0.25) is 0 Å². The molecule has 0 N–H and O–H groups in total. The SMILES string of the molecule is Cc1ccc(CN2CCN(C(=O)CC(C)C)[C@H]3CS(=O)(=O)C[C@H]32)cc1C. The van der Waals surface area contributed by atoms with Crippen molar-refractivity contribution in [2.24, 2.45) is 5.92 Å². The Labute approximate surface area is 157 Å². The highest BCUT2D eigenvalue weighted by Gasteiger charge is 2.47. The van der Waals surface area contributed by atoms with Crippen molar-refractivity contribution in [2.75, 3.05) is 24.6 Å². The zero-order valence-electron chi connectivity index (χ0n) is 16.2. The lowest BCUT2D eigenvalue weighted by Gasteiger charge is -2.44. The minimum Gasteiger partial charge on any atom is -0.336 e. The molecule has 0 radical (unpaired) electrons. The number of piperazine rings is 1. The number of amides is 1. The van der Waals surface area contributed by atoms with Crippen LogP contribution in [0.1, 0.15) is 37.0 Å². The fraction of sp³-hybridized carbons (Fsp3) is 0.650. The van der Waals surface area contributed by atoms with E-state index in [1.807, 2.05) is 18.7 Å². The van der Waals surface area contributed by atoms with Gasteiger partial charge in [0.25, 0.3) is 0 Å². The molecule has 2 fully saturated rings. The second-order valence-corrected chi connectivity index (χ2v) is 10.4. The summed E-state index contributed by atoms with van der Waals surface area (Å²) in [4.78, 5) is 16.7. The van der Waals surface area contributed by atoms with Gasteiger partial charge < -0.3 is 4.90 Å². The van der Waals surface area contributed by atoms with Crippen LogP contribution in [0.25, 0.3) is 0 Å². The van der Waals surface area contributed by atoms with E-state index in [0.717, 1.165) is 13.1 Å². The van der Waals surface area contributed by atoms with Gasteiger partial charge in [0.15, 0.2) is 9.84 Å². The fourth-order valence-electron chi connectivity index (χ4n) is 4.13. The number of carbonyl (C=O) groups excluding carboxylic acids is 1. The smallest absolute Gasteiger partial charge is 0.223 e. The summed E-state index contributed by atoms with van der Waals surface area (Å²) in [7, 11) is -3.10. The first-order valence-electron chi connectivity index (χ1n) is 9.46. The Morgan fingerprint density at radius 1 is 1.12 bits per heavy atom. The Balaban J connectivity index is 1.80. The Morgan fingerprint density at radius 3 is 2.46 bits per heavy atom. The molecule has 0 aromatic heterocycles. The predicted molar refractivity (Wildman–Crippen MR) is 104 cm³/mol. The predicted octanol–water partition coefficient (Wildman–Crippen LogP) is 2.16. The summed E-state index contributed by atoms with van der Waals surface area (Å²) in [5.74, 6) is 0.643. The van der Waals surface area contributed by atoms with E-state index < -0.39 is 9.84 Å². The van der Waals surface area contributed by atoms with Gasteiger partial charge in [0.1, 0.15) is 0 Å². The molecule has 0 unspecified atom stereocenters. The van der Waals surface area contributed by atoms with Gasteiger partial charge in [-0.05, 0) is 36.5 Å². The summed E-state index contributed by atoms with van der Waals surface area (Å²) in [6, 6.07) is 6.13. The zero-order chi connectivity index (χ0) is 19.1. The van der Waals surface area contributed by atoms with Gasteiger partial charge in [-0.2, -0.15) is 0 Å². The molecule has 144 valence electrons. The van der Waals surface area contributed by atoms with Crippen molar-refractivity contribution in [3.63, 3.8) is 0 Å². The highest BCUT2D eigenvalue weighted by atomic mass is 32.2. The van der Waals surface area contributed by atoms with Crippen LogP contribution in [0, 0.1) is 19.8 Å². The Morgan fingerprint density at radius 2 is 1.81 bits per heavy atom. The van der Waals surface area contributed by atoms with E-state index in [4.69, 9.17) is 0 Å². The zero-order valence-corrected chi connectivity index (χ0v) is 17.1. The normalized spacial score (nSPS) is 25.5. The molecule has 2 aliphatic heterocycles. The van der Waals surface area contributed by atoms with Crippen LogP contribution in [0.4, 0.5) is 0 Å². The Hall–Kier alpha value is -1.40. The van der Waals surface area contributed by atoms with E-state index in [1.165, 1.54) is 16.7 Å². The molecule has 2 heterocycles. The van der Waals surface area contributed by atoms with Crippen LogP contribution in [0.3, 0.4) is 0 Å². The third-order valence-corrected chi connectivity index (χ3v) is 7.35. The van der Waals surface area contributed by atoms with Gasteiger partial charge in [0.05, 0.1) is 17.5 Å². The molecule has 0 bridgehead atoms. The molecular weight excluding hydrogens is 348 g/mol. The second kappa shape index (κ2) is 7.31. The van der Waals surface area contributed by atoms with Crippen molar-refractivity contribution >= 4 is 15.7 Å². The van der Waals surface area contributed by atoms with E-state index in [9.17, 15) is 13.2 Å². The minimum absolute atomic E-state index is 0.0912. The molecular formula is C20H30N2O3S. The first-order valence-corrected chi connectivity index (χ1v) is 11.3. The standard InChI is InChI=1S/C20H30N2O3S/c1-14(2)9-20(23)22-8-7-21(18-12-26(24,25)13-19(18)22)11-17-6-5-15(3)16(4)10-17/h5-6,10,14,18-19H,7-9,11-13H2,1-4H3/t18-,19+/m1/s1. The molecule has 0 saturated carbocycles. The fourth-order valence-corrected chi connectivity index (χ4v) is 6.15. The van der Waals surface area contributed by atoms with Crippen LogP contribution in [0.5, 0.6) is 0 Å². The lowest BCUT2D eigenvalue weighted by Crippen LogP contribution is -2.60. The van der Waals surface area contributed by atoms with Gasteiger partial charge in [-0.25, -0.2) is 8.42 Å². The molecule has 2 atom stereocenters. The summed E-state index contributed by atoms with van der Waals surface area (Å²) in [6.07, 6.45) is 0.487. The van der Waals surface area contributed by atoms with Gasteiger partial charge in [0.2, 0.25) is 5.91 Å². The highest BCUT2D eigenvalue weighted by molar-refractivity contribution is 7.91. The van der Waals surface area contributed by atoms with E-state index >= 15 is 0 Å². The summed E-state index contributed by atoms with van der Waals surface area (Å²) >= 11 is 0. The molecule has 1 amide bonds. The number of nitrogens with zero attached hydrogens (tertiary/aromatic N) is 2. The van der Waals surface area contributed by atoms with Crippen molar-refractivity contribution in [3.05, 3.63) is 34.9 Å². The third-order valence-electron chi connectivity index (χ3n) is 5.65. The quantitative estimate of drug-likeness (QED) is 0.806. The molecule has 3 rings (SSSR count). The molecule has 1 aromatic rings. The van der Waals surface area contributed by atoms with E-state index in [-0.39, 0.29) is 35.4 Å². The van der Waals surface area contributed by atoms with Crippen LogP contribution in [0.15, 0.2) is 18.2 Å². The Kier molecular flexibility index (Phi) is 5.45. The monoisotopic (exact) mass is 378 g/mol. The second-order valence-electron chi connectivity index (χ2n) is 8.29. The largest absolute Gasteiger partial charge is 0.336 e. The van der Waals surface area contributed by atoms with Gasteiger partial charge in [0, 0.05) is 32.1 Å². The maximum absolute atomic E-state index is 12.6. The molecule has 1 aromatic carbocycles. The van der Waals surface area contributed by atoms with Gasteiger partial charge in [-0.3, -0.25) is 9.69 Å². The minimum atomic E-state index is -3.10. The first kappa shape index (κ1) is 19.4. The lowest BCUT2D eigenvalue weighted by atomic mass is 10.0. The molecule has 0 spiro atoms. The molecule has 26 heavy (non-hydrogen) atoms. The molecule has 2 saturated heterocycles. The summed E-state index contributed by atoms with van der Waals surface area (Å²) in [5, 5.41) is 0. The van der Waals surface area contributed by atoms with E-state index in [0.29, 0.717) is 13.0 Å². The van der Waals surface area contributed by atoms with Crippen LogP contribution >= 0.6 is 0 Å².